The Hall–Kier alpha value is -1.31. The number of hydrogen-bond donors (Lipinski definition) is 1. The average molecular weight is 278 g/mol. The Labute approximate surface area is 106 Å². The average Bonchev–Trinajstić information content (AvgIpc) is 2.25. The molecule has 0 aromatic heterocycles. The number of nitrogens with zero attached hydrogens (tertiary/aromatic N) is 2. The van der Waals surface area contributed by atoms with Crippen molar-refractivity contribution in [2.24, 2.45) is 0 Å². The molecule has 0 aliphatic carbocycles. The summed E-state index contributed by atoms with van der Waals surface area (Å²) in [5.41, 5.74) is 0. The number of amides is 2. The number of hydrogen-bond acceptors (Lipinski definition) is 4. The molecule has 18 heavy (non-hydrogen) atoms. The van der Waals surface area contributed by atoms with Crippen molar-refractivity contribution in [1.82, 2.24) is 9.80 Å². The summed E-state index contributed by atoms with van der Waals surface area (Å²) in [7, 11) is -1.65. The second kappa shape index (κ2) is 5.55. The largest absolute Gasteiger partial charge is 0.481 e. The van der Waals surface area contributed by atoms with Crippen molar-refractivity contribution in [3.05, 3.63) is 0 Å². The summed E-state index contributed by atoms with van der Waals surface area (Å²) in [6, 6.07) is -1.10. The third-order valence-electron chi connectivity index (χ3n) is 2.99. The smallest absolute Gasteiger partial charge is 0.320 e. The molecule has 0 bridgehead atoms. The Morgan fingerprint density at radius 1 is 1.44 bits per heavy atom. The minimum Gasteiger partial charge on any atom is -0.481 e. The van der Waals surface area contributed by atoms with Gasteiger partial charge in [0.2, 0.25) is 0 Å². The minimum absolute atomic E-state index is 0.0590. The van der Waals surface area contributed by atoms with Crippen molar-refractivity contribution in [1.29, 1.82) is 0 Å². The standard InChI is InChI=1S/C10H18N2O5S/c1-3-11(2)10(15)12-4-5-18(16,17)7-8(12)6-9(13)14/h8H,3-7H2,1-2H3,(H,13,14). The summed E-state index contributed by atoms with van der Waals surface area (Å²) in [5, 5.41) is 8.78. The van der Waals surface area contributed by atoms with Crippen LogP contribution in [0.4, 0.5) is 4.79 Å². The number of carbonyl (C=O) groups is 2. The first-order valence-corrected chi connectivity index (χ1v) is 7.53. The molecule has 2 amide bonds. The summed E-state index contributed by atoms with van der Waals surface area (Å²) in [6.45, 7) is 2.34. The zero-order chi connectivity index (χ0) is 13.9. The van der Waals surface area contributed by atoms with Crippen molar-refractivity contribution in [3.63, 3.8) is 0 Å². The zero-order valence-corrected chi connectivity index (χ0v) is 11.3. The number of urea groups is 1. The number of carboxylic acid groups (broad SMARTS) is 1. The quantitative estimate of drug-likeness (QED) is 0.760. The van der Waals surface area contributed by atoms with Crippen LogP contribution in [0.3, 0.4) is 0 Å². The molecule has 8 heteroatoms. The zero-order valence-electron chi connectivity index (χ0n) is 10.5. The molecule has 1 heterocycles. The van der Waals surface area contributed by atoms with Crippen LogP contribution in [0.2, 0.25) is 0 Å². The summed E-state index contributed by atoms with van der Waals surface area (Å²) in [5.74, 6) is -1.48. The fourth-order valence-electron chi connectivity index (χ4n) is 1.86. The lowest BCUT2D eigenvalue weighted by Crippen LogP contribution is -2.55. The van der Waals surface area contributed by atoms with Gasteiger partial charge in [-0.25, -0.2) is 13.2 Å². The third-order valence-corrected chi connectivity index (χ3v) is 4.68. The van der Waals surface area contributed by atoms with Crippen LogP contribution in [-0.2, 0) is 14.6 Å². The van der Waals surface area contributed by atoms with Gasteiger partial charge in [-0.05, 0) is 6.92 Å². The van der Waals surface area contributed by atoms with E-state index in [0.717, 1.165) is 0 Å². The van der Waals surface area contributed by atoms with Crippen molar-refractivity contribution >= 4 is 21.8 Å². The van der Waals surface area contributed by atoms with Gasteiger partial charge in [-0.2, -0.15) is 0 Å². The van der Waals surface area contributed by atoms with Crippen LogP contribution < -0.4 is 0 Å². The molecule has 1 N–H and O–H groups in total. The molecule has 1 aliphatic rings. The van der Waals surface area contributed by atoms with Gasteiger partial charge in [0.25, 0.3) is 0 Å². The van der Waals surface area contributed by atoms with E-state index in [9.17, 15) is 18.0 Å². The first-order valence-electron chi connectivity index (χ1n) is 5.70. The highest BCUT2D eigenvalue weighted by atomic mass is 32.2. The van der Waals surface area contributed by atoms with Crippen LogP contribution in [0.15, 0.2) is 0 Å². The van der Waals surface area contributed by atoms with Crippen LogP contribution >= 0.6 is 0 Å². The number of aliphatic carboxylic acids is 1. The van der Waals surface area contributed by atoms with Gasteiger partial charge in [0, 0.05) is 20.1 Å². The lowest BCUT2D eigenvalue weighted by molar-refractivity contribution is -0.138. The van der Waals surface area contributed by atoms with Crippen LogP contribution in [0.25, 0.3) is 0 Å². The Morgan fingerprint density at radius 3 is 2.56 bits per heavy atom. The summed E-state index contributed by atoms with van der Waals surface area (Å²) in [4.78, 5) is 25.5. The Bertz CT molecular complexity index is 434. The van der Waals surface area contributed by atoms with E-state index < -0.39 is 21.8 Å². The van der Waals surface area contributed by atoms with E-state index in [1.165, 1.54) is 9.80 Å². The summed E-state index contributed by atoms with van der Waals surface area (Å²) in [6.07, 6.45) is -0.345. The molecule has 1 aliphatic heterocycles. The van der Waals surface area contributed by atoms with E-state index in [4.69, 9.17) is 5.11 Å². The summed E-state index contributed by atoms with van der Waals surface area (Å²) >= 11 is 0. The number of rotatable bonds is 3. The Balaban J connectivity index is 2.88. The molecule has 1 saturated heterocycles. The highest BCUT2D eigenvalue weighted by molar-refractivity contribution is 7.91. The van der Waals surface area contributed by atoms with Gasteiger partial charge in [-0.1, -0.05) is 0 Å². The molecular weight excluding hydrogens is 260 g/mol. The number of carboxylic acids is 1. The monoisotopic (exact) mass is 278 g/mol. The predicted molar refractivity (Wildman–Crippen MR) is 65.1 cm³/mol. The highest BCUT2D eigenvalue weighted by Gasteiger charge is 2.36. The maximum atomic E-state index is 12.0. The van der Waals surface area contributed by atoms with Gasteiger partial charge in [0.05, 0.1) is 24.0 Å². The van der Waals surface area contributed by atoms with Gasteiger partial charge < -0.3 is 14.9 Å². The molecule has 1 rings (SSSR count). The molecule has 1 unspecified atom stereocenters. The van der Waals surface area contributed by atoms with E-state index in [2.05, 4.69) is 0 Å². The Morgan fingerprint density at radius 2 is 2.06 bits per heavy atom. The van der Waals surface area contributed by atoms with Gasteiger partial charge in [0.15, 0.2) is 9.84 Å². The predicted octanol–water partition coefficient (Wildman–Crippen LogP) is -0.368. The molecule has 1 atom stereocenters. The van der Waals surface area contributed by atoms with E-state index >= 15 is 0 Å². The lowest BCUT2D eigenvalue weighted by Gasteiger charge is -2.36. The van der Waals surface area contributed by atoms with E-state index in [0.29, 0.717) is 6.54 Å². The lowest BCUT2D eigenvalue weighted by atomic mass is 10.2. The number of sulfone groups is 1. The fraction of sp³-hybridized carbons (Fsp3) is 0.800. The SMILES string of the molecule is CCN(C)C(=O)N1CCS(=O)(=O)CC1CC(=O)O. The molecule has 1 fully saturated rings. The number of carbonyl (C=O) groups excluding carboxylic acids is 1. The Kier molecular flexibility index (Phi) is 4.55. The second-order valence-corrected chi connectivity index (χ2v) is 6.58. The van der Waals surface area contributed by atoms with E-state index in [1.54, 1.807) is 14.0 Å². The molecule has 0 saturated carbocycles. The van der Waals surface area contributed by atoms with Crippen LogP contribution in [0, 0.1) is 0 Å². The maximum Gasteiger partial charge on any atom is 0.320 e. The maximum absolute atomic E-state index is 12.0. The van der Waals surface area contributed by atoms with Crippen molar-refractivity contribution in [2.75, 3.05) is 31.6 Å². The van der Waals surface area contributed by atoms with Gasteiger partial charge >= 0.3 is 12.0 Å². The second-order valence-electron chi connectivity index (χ2n) is 4.36. The molecule has 104 valence electrons. The fourth-order valence-corrected chi connectivity index (χ4v) is 3.39. The topological polar surface area (TPSA) is 95.0 Å². The van der Waals surface area contributed by atoms with E-state index in [1.807, 2.05) is 0 Å². The van der Waals surface area contributed by atoms with Crippen LogP contribution in [-0.4, -0.2) is 73.0 Å². The molecule has 0 aromatic carbocycles. The van der Waals surface area contributed by atoms with Crippen molar-refractivity contribution in [2.45, 2.75) is 19.4 Å². The van der Waals surface area contributed by atoms with Crippen molar-refractivity contribution < 1.29 is 23.1 Å². The van der Waals surface area contributed by atoms with E-state index in [-0.39, 0.29) is 30.5 Å². The van der Waals surface area contributed by atoms with Crippen molar-refractivity contribution in [3.8, 4) is 0 Å². The molecular formula is C10H18N2O5S. The third kappa shape index (κ3) is 3.59. The molecule has 0 aromatic rings. The minimum atomic E-state index is -3.25. The van der Waals surface area contributed by atoms with Gasteiger partial charge in [-0.3, -0.25) is 4.79 Å². The van der Waals surface area contributed by atoms with Gasteiger partial charge in [0.1, 0.15) is 0 Å². The van der Waals surface area contributed by atoms with Crippen LogP contribution in [0.1, 0.15) is 13.3 Å². The van der Waals surface area contributed by atoms with Gasteiger partial charge in [-0.15, -0.1) is 0 Å². The molecule has 7 nitrogen and oxygen atoms in total. The first-order chi connectivity index (χ1) is 8.26. The first kappa shape index (κ1) is 14.7. The van der Waals surface area contributed by atoms with Crippen LogP contribution in [0.5, 0.6) is 0 Å². The normalized spacial score (nSPS) is 22.6. The molecule has 0 radical (unpaired) electrons. The highest BCUT2D eigenvalue weighted by Crippen LogP contribution is 2.16. The summed E-state index contributed by atoms with van der Waals surface area (Å²) < 4.78 is 23.0. The molecule has 0 spiro atoms.